The lowest BCUT2D eigenvalue weighted by atomic mass is 10.0. The van der Waals surface area contributed by atoms with Gasteiger partial charge in [0.1, 0.15) is 6.04 Å². The summed E-state index contributed by atoms with van der Waals surface area (Å²) < 4.78 is 23.4. The van der Waals surface area contributed by atoms with Gasteiger partial charge in [-0.1, -0.05) is 24.3 Å². The van der Waals surface area contributed by atoms with Gasteiger partial charge in [0.15, 0.2) is 0 Å². The first kappa shape index (κ1) is 20.6. The highest BCUT2D eigenvalue weighted by Crippen LogP contribution is 2.21. The van der Waals surface area contributed by atoms with Crippen molar-refractivity contribution in [1.82, 2.24) is 10.3 Å². The number of anilines is 1. The number of H-pyrrole nitrogens is 1. The van der Waals surface area contributed by atoms with Crippen molar-refractivity contribution in [2.45, 2.75) is 31.2 Å². The Hall–Kier alpha value is -3.17. The maximum absolute atomic E-state index is 12.8. The topological polar surface area (TPSA) is 134 Å². The van der Waals surface area contributed by atoms with Crippen LogP contribution >= 0.6 is 0 Å². The standard InChI is InChI=1S/C20H22N4O4S/c1-12-7-8-15(10-19(12)29(21,27)28)24-20(26)18(23-13(2)25)9-14-11-22-17-6-4-3-5-16(14)17/h3-8,10-11,18,22H,9H2,1-2H3,(H,23,25)(H,24,26)(H2,21,27,28)/t18-/m0/s1. The maximum atomic E-state index is 12.8. The fraction of sp³-hybridized carbons (Fsp3) is 0.200. The first-order valence-electron chi connectivity index (χ1n) is 8.91. The Bertz CT molecular complexity index is 1180. The molecular formula is C20H22N4O4S. The number of sulfonamides is 1. The number of carbonyl (C=O) groups is 2. The van der Waals surface area contributed by atoms with Gasteiger partial charge in [0.05, 0.1) is 4.90 Å². The van der Waals surface area contributed by atoms with Crippen LogP contribution in [-0.4, -0.2) is 31.3 Å². The fourth-order valence-corrected chi connectivity index (χ4v) is 4.00. The number of amides is 2. The largest absolute Gasteiger partial charge is 0.361 e. The zero-order chi connectivity index (χ0) is 21.2. The molecule has 0 radical (unpaired) electrons. The SMILES string of the molecule is CC(=O)N[C@@H](Cc1c[nH]c2ccccc12)C(=O)Nc1ccc(C)c(S(N)(=O)=O)c1. The molecule has 3 rings (SSSR count). The monoisotopic (exact) mass is 414 g/mol. The average molecular weight is 414 g/mol. The van der Waals surface area contributed by atoms with E-state index in [4.69, 9.17) is 5.14 Å². The number of primary sulfonamides is 1. The van der Waals surface area contributed by atoms with Crippen molar-refractivity contribution in [1.29, 1.82) is 0 Å². The van der Waals surface area contributed by atoms with Crippen LogP contribution in [0.25, 0.3) is 10.9 Å². The van der Waals surface area contributed by atoms with Gasteiger partial charge in [-0.2, -0.15) is 0 Å². The van der Waals surface area contributed by atoms with Crippen LogP contribution in [-0.2, 0) is 26.0 Å². The average Bonchev–Trinajstić information content (AvgIpc) is 3.04. The van der Waals surface area contributed by atoms with Gasteiger partial charge in [0.25, 0.3) is 0 Å². The maximum Gasteiger partial charge on any atom is 0.247 e. The highest BCUT2D eigenvalue weighted by Gasteiger charge is 2.22. The number of fused-ring (bicyclic) bond motifs is 1. The van der Waals surface area contributed by atoms with E-state index in [1.807, 2.05) is 24.3 Å². The Labute approximate surface area is 168 Å². The molecule has 0 unspecified atom stereocenters. The van der Waals surface area contributed by atoms with Crippen LogP contribution in [0.15, 0.2) is 53.6 Å². The number of rotatable bonds is 6. The van der Waals surface area contributed by atoms with Crippen LogP contribution in [0, 0.1) is 6.92 Å². The van der Waals surface area contributed by atoms with Crippen molar-refractivity contribution in [3.63, 3.8) is 0 Å². The first-order chi connectivity index (χ1) is 13.6. The van der Waals surface area contributed by atoms with Crippen LogP contribution in [0.3, 0.4) is 0 Å². The van der Waals surface area contributed by atoms with Gasteiger partial charge < -0.3 is 15.6 Å². The minimum absolute atomic E-state index is 0.0667. The van der Waals surface area contributed by atoms with Crippen molar-refractivity contribution < 1.29 is 18.0 Å². The molecule has 0 aliphatic heterocycles. The molecule has 9 heteroatoms. The molecule has 29 heavy (non-hydrogen) atoms. The molecule has 0 aliphatic carbocycles. The van der Waals surface area contributed by atoms with Crippen LogP contribution < -0.4 is 15.8 Å². The van der Waals surface area contributed by atoms with E-state index in [1.165, 1.54) is 13.0 Å². The zero-order valence-electron chi connectivity index (χ0n) is 16.0. The van der Waals surface area contributed by atoms with Gasteiger partial charge in [-0.15, -0.1) is 0 Å². The number of aryl methyl sites for hydroxylation is 1. The van der Waals surface area contributed by atoms with Gasteiger partial charge >= 0.3 is 0 Å². The minimum atomic E-state index is -3.92. The number of benzene rings is 2. The Morgan fingerprint density at radius 3 is 2.59 bits per heavy atom. The Kier molecular flexibility index (Phi) is 5.71. The normalized spacial score (nSPS) is 12.5. The molecule has 2 aromatic carbocycles. The molecule has 1 heterocycles. The molecule has 0 saturated heterocycles. The number of aromatic nitrogens is 1. The molecule has 8 nitrogen and oxygen atoms in total. The van der Waals surface area contributed by atoms with E-state index < -0.39 is 22.0 Å². The molecule has 1 atom stereocenters. The predicted octanol–water partition coefficient (Wildman–Crippen LogP) is 1.81. The van der Waals surface area contributed by atoms with Gasteiger partial charge in [-0.3, -0.25) is 9.59 Å². The summed E-state index contributed by atoms with van der Waals surface area (Å²) in [5.74, 6) is -0.811. The predicted molar refractivity (Wildman–Crippen MR) is 111 cm³/mol. The molecule has 0 bridgehead atoms. The van der Waals surface area contributed by atoms with Crippen molar-refractivity contribution in [3.8, 4) is 0 Å². The third-order valence-corrected chi connectivity index (χ3v) is 5.61. The summed E-state index contributed by atoms with van der Waals surface area (Å²) >= 11 is 0. The van der Waals surface area contributed by atoms with E-state index in [9.17, 15) is 18.0 Å². The Balaban J connectivity index is 1.86. The van der Waals surface area contributed by atoms with Gasteiger partial charge in [0, 0.05) is 36.1 Å². The van der Waals surface area contributed by atoms with Crippen molar-refractivity contribution in [2.75, 3.05) is 5.32 Å². The van der Waals surface area contributed by atoms with Gasteiger partial charge in [0.2, 0.25) is 21.8 Å². The van der Waals surface area contributed by atoms with Gasteiger partial charge in [-0.25, -0.2) is 13.6 Å². The summed E-state index contributed by atoms with van der Waals surface area (Å²) in [5, 5.41) is 11.5. The summed E-state index contributed by atoms with van der Waals surface area (Å²) in [4.78, 5) is 27.6. The van der Waals surface area contributed by atoms with E-state index in [-0.39, 0.29) is 22.9 Å². The summed E-state index contributed by atoms with van der Waals surface area (Å²) in [6.07, 6.45) is 2.07. The zero-order valence-corrected chi connectivity index (χ0v) is 16.8. The van der Waals surface area contributed by atoms with E-state index >= 15 is 0 Å². The van der Waals surface area contributed by atoms with Crippen LogP contribution in [0.5, 0.6) is 0 Å². The molecule has 1 aromatic heterocycles. The number of hydrogen-bond acceptors (Lipinski definition) is 4. The molecule has 0 fully saturated rings. The molecule has 5 N–H and O–H groups in total. The lowest BCUT2D eigenvalue weighted by molar-refractivity contribution is -0.125. The molecule has 3 aromatic rings. The molecule has 0 spiro atoms. The summed E-state index contributed by atoms with van der Waals surface area (Å²) in [6.45, 7) is 2.95. The summed E-state index contributed by atoms with van der Waals surface area (Å²) in [6, 6.07) is 11.3. The number of carbonyl (C=O) groups excluding carboxylic acids is 2. The number of hydrogen-bond donors (Lipinski definition) is 4. The molecule has 152 valence electrons. The smallest absolute Gasteiger partial charge is 0.247 e. The minimum Gasteiger partial charge on any atom is -0.361 e. The number of nitrogens with two attached hydrogens (primary N) is 1. The van der Waals surface area contributed by atoms with E-state index in [0.29, 0.717) is 5.56 Å². The molecular weight excluding hydrogens is 392 g/mol. The molecule has 2 amide bonds. The van der Waals surface area contributed by atoms with E-state index in [2.05, 4.69) is 15.6 Å². The lowest BCUT2D eigenvalue weighted by Gasteiger charge is -2.18. The highest BCUT2D eigenvalue weighted by molar-refractivity contribution is 7.89. The van der Waals surface area contributed by atoms with Crippen molar-refractivity contribution >= 4 is 38.4 Å². The van der Waals surface area contributed by atoms with Crippen LogP contribution in [0.4, 0.5) is 5.69 Å². The van der Waals surface area contributed by atoms with Crippen LogP contribution in [0.1, 0.15) is 18.1 Å². The third-order valence-electron chi connectivity index (χ3n) is 4.56. The van der Waals surface area contributed by atoms with E-state index in [0.717, 1.165) is 16.5 Å². The van der Waals surface area contributed by atoms with E-state index in [1.54, 1.807) is 25.3 Å². The first-order valence-corrected chi connectivity index (χ1v) is 10.5. The quantitative estimate of drug-likeness (QED) is 0.489. The van der Waals surface area contributed by atoms with Crippen molar-refractivity contribution in [2.24, 2.45) is 5.14 Å². The fourth-order valence-electron chi connectivity index (χ4n) is 3.19. The van der Waals surface area contributed by atoms with Gasteiger partial charge in [-0.05, 0) is 36.2 Å². The number of aromatic amines is 1. The van der Waals surface area contributed by atoms with Crippen LogP contribution in [0.2, 0.25) is 0 Å². The number of nitrogens with one attached hydrogen (secondary N) is 3. The second kappa shape index (κ2) is 8.06. The van der Waals surface area contributed by atoms with Crippen molar-refractivity contribution in [3.05, 3.63) is 59.8 Å². The Morgan fingerprint density at radius 1 is 1.17 bits per heavy atom. The highest BCUT2D eigenvalue weighted by atomic mass is 32.2. The number of para-hydroxylation sites is 1. The summed E-state index contributed by atoms with van der Waals surface area (Å²) in [7, 11) is -3.92. The lowest BCUT2D eigenvalue weighted by Crippen LogP contribution is -2.44. The molecule has 0 saturated carbocycles. The second-order valence-corrected chi connectivity index (χ2v) is 8.36. The third kappa shape index (κ3) is 4.82. The summed E-state index contributed by atoms with van der Waals surface area (Å²) in [5.41, 5.74) is 2.56. The second-order valence-electron chi connectivity index (χ2n) is 6.83. The molecule has 0 aliphatic rings. The Morgan fingerprint density at radius 2 is 1.90 bits per heavy atom.